The predicted octanol–water partition coefficient (Wildman–Crippen LogP) is 0.783. The molecule has 2 amide bonds. The van der Waals surface area contributed by atoms with Gasteiger partial charge in [0, 0.05) is 44.6 Å². The van der Waals surface area contributed by atoms with Gasteiger partial charge in [0.25, 0.3) is 11.8 Å². The molecule has 1 aromatic carbocycles. The molecule has 2 N–H and O–H groups in total. The van der Waals surface area contributed by atoms with E-state index in [2.05, 4.69) is 11.2 Å². The fourth-order valence-corrected chi connectivity index (χ4v) is 3.39. The number of ether oxygens (including phenoxy) is 1. The van der Waals surface area contributed by atoms with E-state index >= 15 is 0 Å². The second-order valence-corrected chi connectivity index (χ2v) is 7.26. The zero-order valence-corrected chi connectivity index (χ0v) is 17.8. The summed E-state index contributed by atoms with van der Waals surface area (Å²) in [6.07, 6.45) is 7.06. The number of hydrogen-bond acceptors (Lipinski definition) is 6. The maximum atomic E-state index is 13.8. The van der Waals surface area contributed by atoms with Crippen LogP contribution in [0.2, 0.25) is 0 Å². The number of methoxy groups -OCH3 is 1. The van der Waals surface area contributed by atoms with Crippen molar-refractivity contribution in [2.45, 2.75) is 13.0 Å². The fraction of sp³-hybridized carbons (Fsp3) is 0.318. The van der Waals surface area contributed by atoms with Crippen molar-refractivity contribution >= 4 is 11.8 Å². The molecular weight excluding hydrogens is 438 g/mol. The second-order valence-electron chi connectivity index (χ2n) is 7.26. The Bertz CT molecular complexity index is 1170. The highest BCUT2D eigenvalue weighted by molar-refractivity contribution is 5.99. The van der Waals surface area contributed by atoms with E-state index in [-0.39, 0.29) is 31.0 Å². The highest BCUT2D eigenvalue weighted by atomic mass is 19.1. The van der Waals surface area contributed by atoms with E-state index < -0.39 is 40.2 Å². The molecule has 174 valence electrons. The van der Waals surface area contributed by atoms with Crippen molar-refractivity contribution in [3.05, 3.63) is 63.1 Å². The Morgan fingerprint density at radius 3 is 2.76 bits per heavy atom. The number of hydrogen-bond donors (Lipinski definition) is 2. The van der Waals surface area contributed by atoms with Crippen LogP contribution in [0.25, 0.3) is 0 Å². The van der Waals surface area contributed by atoms with Gasteiger partial charge in [0.15, 0.2) is 11.4 Å². The van der Waals surface area contributed by atoms with Crippen molar-refractivity contribution in [3.8, 4) is 18.1 Å². The molecule has 0 aliphatic carbocycles. The number of aromatic nitrogens is 1. The molecule has 3 rings (SSSR count). The topological polar surface area (TPSA) is 104 Å². The molecule has 9 nitrogen and oxygen atoms in total. The normalized spacial score (nSPS) is 13.0. The fourth-order valence-electron chi connectivity index (χ4n) is 3.39. The molecule has 0 atom stereocenters. The minimum atomic E-state index is -1.06. The van der Waals surface area contributed by atoms with E-state index in [1.54, 1.807) is 0 Å². The summed E-state index contributed by atoms with van der Waals surface area (Å²) in [7, 11) is 1.53. The van der Waals surface area contributed by atoms with Crippen LogP contribution in [0.5, 0.6) is 5.75 Å². The first-order chi connectivity index (χ1) is 15.8. The summed E-state index contributed by atoms with van der Waals surface area (Å²) in [5.41, 5.74) is -1.85. The van der Waals surface area contributed by atoms with Crippen LogP contribution >= 0.6 is 0 Å². The van der Waals surface area contributed by atoms with Gasteiger partial charge >= 0.3 is 0 Å². The zero-order valence-electron chi connectivity index (χ0n) is 17.8. The summed E-state index contributed by atoms with van der Waals surface area (Å²) < 4.78 is 33.1. The van der Waals surface area contributed by atoms with Crippen LogP contribution in [0.4, 0.5) is 8.78 Å². The van der Waals surface area contributed by atoms with Crippen LogP contribution in [0, 0.1) is 24.0 Å². The van der Waals surface area contributed by atoms with Crippen molar-refractivity contribution in [2.24, 2.45) is 0 Å². The maximum Gasteiger partial charge on any atom is 0.277 e. The lowest BCUT2D eigenvalue weighted by Crippen LogP contribution is -2.55. The summed E-state index contributed by atoms with van der Waals surface area (Å²) in [6.45, 7) is 0.459. The third-order valence-electron chi connectivity index (χ3n) is 5.04. The van der Waals surface area contributed by atoms with Gasteiger partial charge in [-0.2, -0.15) is 0 Å². The number of halogens is 2. The Labute approximate surface area is 188 Å². The monoisotopic (exact) mass is 460 g/mol. The Kier molecular flexibility index (Phi) is 7.30. The van der Waals surface area contributed by atoms with E-state index in [1.165, 1.54) is 21.7 Å². The summed E-state index contributed by atoms with van der Waals surface area (Å²) in [6, 6.07) is 2.86. The average molecular weight is 460 g/mol. The van der Waals surface area contributed by atoms with E-state index in [9.17, 15) is 28.3 Å². The number of nitrogens with zero attached hydrogens (tertiary/aromatic N) is 3. The number of rotatable bonds is 8. The van der Waals surface area contributed by atoms with E-state index in [0.29, 0.717) is 25.6 Å². The van der Waals surface area contributed by atoms with Gasteiger partial charge in [0.05, 0.1) is 6.54 Å². The summed E-state index contributed by atoms with van der Waals surface area (Å²) in [4.78, 5) is 39.6. The number of amides is 2. The van der Waals surface area contributed by atoms with Crippen molar-refractivity contribution in [1.29, 1.82) is 0 Å². The van der Waals surface area contributed by atoms with Crippen molar-refractivity contribution in [3.63, 3.8) is 0 Å². The summed E-state index contributed by atoms with van der Waals surface area (Å²) >= 11 is 0. The van der Waals surface area contributed by atoms with Crippen molar-refractivity contribution in [1.82, 2.24) is 14.9 Å². The highest BCUT2D eigenvalue weighted by Gasteiger charge is 2.34. The molecule has 2 heterocycles. The van der Waals surface area contributed by atoms with Crippen LogP contribution in [-0.4, -0.2) is 60.0 Å². The maximum absolute atomic E-state index is 13.8. The predicted molar refractivity (Wildman–Crippen MR) is 114 cm³/mol. The van der Waals surface area contributed by atoms with Crippen LogP contribution in [0.1, 0.15) is 32.8 Å². The third-order valence-corrected chi connectivity index (χ3v) is 5.04. The largest absolute Gasteiger partial charge is 0.502 e. The van der Waals surface area contributed by atoms with Crippen LogP contribution < -0.4 is 15.8 Å². The molecule has 0 saturated heterocycles. The van der Waals surface area contributed by atoms with Crippen LogP contribution in [0.15, 0.2) is 29.2 Å². The van der Waals surface area contributed by atoms with E-state index in [4.69, 9.17) is 11.2 Å². The molecule has 11 heteroatoms. The average Bonchev–Trinajstić information content (AvgIpc) is 2.78. The molecule has 0 unspecified atom stereocenters. The number of fused-ring (bicyclic) bond motifs is 1. The highest BCUT2D eigenvalue weighted by Crippen LogP contribution is 2.21. The number of terminal acetylenes is 1. The third kappa shape index (κ3) is 4.96. The molecule has 0 saturated carbocycles. The molecule has 33 heavy (non-hydrogen) atoms. The molecule has 1 aliphatic heterocycles. The molecule has 2 aromatic rings. The molecule has 1 aromatic heterocycles. The van der Waals surface area contributed by atoms with Gasteiger partial charge < -0.3 is 20.1 Å². The lowest BCUT2D eigenvalue weighted by Gasteiger charge is -2.38. The van der Waals surface area contributed by atoms with Gasteiger partial charge in [-0.25, -0.2) is 8.78 Å². The Morgan fingerprint density at radius 2 is 2.09 bits per heavy atom. The standard InChI is InChI=1S/C22H22F2N4O5/c1-3-7-27-13-26(8-4-9-33-2)22(32)18-20(30)19(29)16(12-28(18)27)21(31)25-11-14-5-6-15(23)10-17(14)24/h1,5-6,10,12,30H,4,7-9,11,13H2,2H3,(H,25,31). The molecule has 1 aliphatic rings. The number of carbonyl (C=O) groups excluding carboxylic acids is 2. The molecular formula is C22H22F2N4O5. The van der Waals surface area contributed by atoms with E-state index in [1.807, 2.05) is 0 Å². The Hall–Kier alpha value is -3.91. The van der Waals surface area contributed by atoms with Crippen molar-refractivity contribution in [2.75, 3.05) is 38.5 Å². The van der Waals surface area contributed by atoms with E-state index in [0.717, 1.165) is 18.3 Å². The van der Waals surface area contributed by atoms with Gasteiger partial charge in [-0.3, -0.25) is 24.1 Å². The van der Waals surface area contributed by atoms with Crippen LogP contribution in [0.3, 0.4) is 0 Å². The van der Waals surface area contributed by atoms with Crippen molar-refractivity contribution < 1.29 is 28.2 Å². The zero-order chi connectivity index (χ0) is 24.1. The number of carbonyl (C=O) groups is 2. The molecule has 0 radical (unpaired) electrons. The summed E-state index contributed by atoms with van der Waals surface area (Å²) in [5, 5.41) is 14.4. The number of nitrogens with one attached hydrogen (secondary N) is 1. The Morgan fingerprint density at radius 1 is 1.33 bits per heavy atom. The number of benzene rings is 1. The number of aromatic hydroxyl groups is 1. The first-order valence-corrected chi connectivity index (χ1v) is 9.96. The first kappa shape index (κ1) is 23.7. The van der Waals surface area contributed by atoms with Gasteiger partial charge in [-0.05, 0) is 12.5 Å². The summed E-state index contributed by atoms with van der Waals surface area (Å²) in [5.74, 6) is -1.62. The lowest BCUT2D eigenvalue weighted by molar-refractivity contribution is 0.0669. The molecule has 0 fully saturated rings. The van der Waals surface area contributed by atoms with Crippen LogP contribution in [-0.2, 0) is 11.3 Å². The van der Waals surface area contributed by atoms with Gasteiger partial charge in [-0.1, -0.05) is 12.0 Å². The van der Waals surface area contributed by atoms with Gasteiger partial charge in [0.2, 0.25) is 5.43 Å². The van der Waals surface area contributed by atoms with Gasteiger partial charge in [0.1, 0.15) is 23.9 Å². The SMILES string of the molecule is C#CCN1CN(CCCOC)C(=O)c2c(O)c(=O)c(C(=O)NCc3ccc(F)cc3F)cn21. The smallest absolute Gasteiger partial charge is 0.277 e. The number of pyridine rings is 1. The minimum Gasteiger partial charge on any atom is -0.502 e. The minimum absolute atomic E-state index is 0.00266. The second kappa shape index (κ2) is 10.1. The van der Waals surface area contributed by atoms with Gasteiger partial charge in [-0.15, -0.1) is 6.42 Å². The molecule has 0 bridgehead atoms. The Balaban J connectivity index is 1.91. The molecule has 0 spiro atoms. The first-order valence-electron chi connectivity index (χ1n) is 9.96. The quantitative estimate of drug-likeness (QED) is 0.446. The lowest BCUT2D eigenvalue weighted by atomic mass is 10.1.